The summed E-state index contributed by atoms with van der Waals surface area (Å²) in [4.78, 5) is 4.92. The molecule has 0 N–H and O–H groups in total. The molecule has 4 aromatic rings. The van der Waals surface area contributed by atoms with Crippen LogP contribution in [0.2, 0.25) is 0 Å². The Hall–Kier alpha value is -3.10. The van der Waals surface area contributed by atoms with E-state index < -0.39 is 0 Å². The summed E-state index contributed by atoms with van der Waals surface area (Å²) < 4.78 is 16.3. The van der Waals surface area contributed by atoms with Gasteiger partial charge in [-0.05, 0) is 74.2 Å². The molecule has 6 nitrogen and oxygen atoms in total. The Morgan fingerprint density at radius 3 is 1.14 bits per heavy atom. The van der Waals surface area contributed by atoms with Gasteiger partial charge in [0.05, 0.1) is 0 Å². The number of anilines is 2. The molecule has 2 saturated heterocycles. The number of nitrogens with zero attached hydrogens (tertiary/aromatic N) is 4. The van der Waals surface area contributed by atoms with Gasteiger partial charge in [-0.15, -0.1) is 0 Å². The number of ether oxygens (including phenoxy) is 2. The van der Waals surface area contributed by atoms with Crippen molar-refractivity contribution in [3.63, 3.8) is 0 Å². The van der Waals surface area contributed by atoms with Gasteiger partial charge in [0.2, 0.25) is 0 Å². The molecular formula is C34H40Br2N4O2. The van der Waals surface area contributed by atoms with Gasteiger partial charge in [-0.2, -0.15) is 0 Å². The van der Waals surface area contributed by atoms with Crippen molar-refractivity contribution < 1.29 is 52.6 Å². The van der Waals surface area contributed by atoms with E-state index >= 15 is 0 Å². The monoisotopic (exact) mass is 694 g/mol. The number of pyridine rings is 2. The minimum Gasteiger partial charge on any atom is -1.00 e. The third-order valence-corrected chi connectivity index (χ3v) is 7.89. The molecule has 2 fully saturated rings. The normalized spacial score (nSPS) is 14.3. The van der Waals surface area contributed by atoms with Gasteiger partial charge in [0.1, 0.15) is 24.7 Å². The molecule has 42 heavy (non-hydrogen) atoms. The molecule has 0 amide bonds. The zero-order valence-electron chi connectivity index (χ0n) is 24.1. The molecular weight excluding hydrogens is 656 g/mol. The van der Waals surface area contributed by atoms with Crippen LogP contribution >= 0.6 is 0 Å². The molecule has 0 spiro atoms. The van der Waals surface area contributed by atoms with Gasteiger partial charge in [0.15, 0.2) is 37.9 Å². The Morgan fingerprint density at radius 1 is 0.476 bits per heavy atom. The van der Waals surface area contributed by atoms with Crippen molar-refractivity contribution in [3.05, 3.63) is 109 Å². The van der Waals surface area contributed by atoms with Gasteiger partial charge in [0, 0.05) is 72.9 Å². The molecule has 222 valence electrons. The quantitative estimate of drug-likeness (QED) is 0.149. The van der Waals surface area contributed by atoms with Crippen LogP contribution in [-0.4, -0.2) is 39.4 Å². The van der Waals surface area contributed by atoms with E-state index in [1.165, 1.54) is 74.4 Å². The predicted octanol–water partition coefficient (Wildman–Crippen LogP) is -0.976. The Balaban J connectivity index is 0.00000202. The highest BCUT2D eigenvalue weighted by Crippen LogP contribution is 2.20. The fourth-order valence-corrected chi connectivity index (χ4v) is 5.60. The molecule has 0 bridgehead atoms. The Kier molecular flexibility index (Phi) is 12.1. The average Bonchev–Trinajstić information content (AvgIpc) is 3.74. The summed E-state index contributed by atoms with van der Waals surface area (Å²) in [6, 6.07) is 25.6. The van der Waals surface area contributed by atoms with Crippen LogP contribution in [-0.2, 0) is 13.1 Å². The van der Waals surface area contributed by atoms with E-state index in [0.29, 0.717) is 13.2 Å². The first-order chi connectivity index (χ1) is 19.8. The van der Waals surface area contributed by atoms with Gasteiger partial charge < -0.3 is 53.2 Å². The molecule has 6 rings (SSSR count). The molecule has 8 heteroatoms. The lowest BCUT2D eigenvalue weighted by Crippen LogP contribution is -3.00. The van der Waals surface area contributed by atoms with Crippen LogP contribution in [0.25, 0.3) is 0 Å². The summed E-state index contributed by atoms with van der Waals surface area (Å²) in [6.45, 7) is 7.42. The zero-order valence-corrected chi connectivity index (χ0v) is 27.3. The van der Waals surface area contributed by atoms with Crippen LogP contribution in [0.3, 0.4) is 0 Å². The lowest BCUT2D eigenvalue weighted by Gasteiger charge is -2.16. The molecule has 2 aliphatic heterocycles. The summed E-state index contributed by atoms with van der Waals surface area (Å²) in [6.07, 6.45) is 13.9. The summed E-state index contributed by atoms with van der Waals surface area (Å²) in [5.74, 6) is 1.73. The Labute approximate surface area is 271 Å². The Morgan fingerprint density at radius 2 is 0.810 bits per heavy atom. The summed E-state index contributed by atoms with van der Waals surface area (Å²) in [5.41, 5.74) is 5.16. The van der Waals surface area contributed by atoms with Gasteiger partial charge >= 0.3 is 0 Å². The molecule has 0 aliphatic carbocycles. The maximum Gasteiger partial charge on any atom is 0.173 e. The third kappa shape index (κ3) is 8.71. The highest BCUT2D eigenvalue weighted by atomic mass is 79.9. The van der Waals surface area contributed by atoms with E-state index in [9.17, 15) is 0 Å². The standard InChI is InChI=1S/C34H40N4O2.2BrH/c1-2-18-37(17-1)31-13-21-35(22-14-31)27-29-5-9-33(10-6-29)39-25-26-40-34-11-7-30(8-12-34)28-36-23-15-32(16-24-36)38-19-3-4-20-38;;/h5-16,21-24H,1-4,17-20,25-28H2;2*1H/q+2;;/p-2. The fourth-order valence-electron chi connectivity index (χ4n) is 5.60. The van der Waals surface area contributed by atoms with Crippen molar-refractivity contribution in [3.8, 4) is 11.5 Å². The van der Waals surface area contributed by atoms with E-state index in [-0.39, 0.29) is 34.0 Å². The lowest BCUT2D eigenvalue weighted by atomic mass is 10.2. The highest BCUT2D eigenvalue weighted by Gasteiger charge is 2.15. The molecule has 4 heterocycles. The van der Waals surface area contributed by atoms with E-state index in [1.54, 1.807) is 0 Å². The maximum atomic E-state index is 5.91. The highest BCUT2D eigenvalue weighted by molar-refractivity contribution is 5.45. The SMILES string of the molecule is [Br-].[Br-].c1cc(OCCOc2ccc(C[n+]3ccc(N4CCCC4)cc3)cc2)ccc1C[n+]1ccc(N2CCCC2)cc1. The van der Waals surface area contributed by atoms with Crippen molar-refractivity contribution >= 4 is 11.4 Å². The van der Waals surface area contributed by atoms with Gasteiger partial charge in [-0.25, -0.2) is 9.13 Å². The molecule has 0 unspecified atom stereocenters. The van der Waals surface area contributed by atoms with Crippen LogP contribution in [0.15, 0.2) is 97.6 Å². The van der Waals surface area contributed by atoms with E-state index in [1.807, 2.05) is 24.3 Å². The number of benzene rings is 2. The second-order valence-corrected chi connectivity index (χ2v) is 10.8. The first-order valence-electron chi connectivity index (χ1n) is 14.7. The van der Waals surface area contributed by atoms with Crippen LogP contribution in [0.1, 0.15) is 36.8 Å². The summed E-state index contributed by atoms with van der Waals surface area (Å²) >= 11 is 0. The molecule has 0 atom stereocenters. The van der Waals surface area contributed by atoms with Gasteiger partial charge in [0.25, 0.3) is 0 Å². The van der Waals surface area contributed by atoms with E-state index in [0.717, 1.165) is 24.6 Å². The molecule has 0 saturated carbocycles. The predicted molar refractivity (Wildman–Crippen MR) is 158 cm³/mol. The van der Waals surface area contributed by atoms with Crippen LogP contribution in [0, 0.1) is 0 Å². The summed E-state index contributed by atoms with van der Waals surface area (Å²) in [5, 5.41) is 0. The minimum absolute atomic E-state index is 0. The molecule has 2 aromatic heterocycles. The van der Waals surface area contributed by atoms with Crippen molar-refractivity contribution in [2.45, 2.75) is 38.8 Å². The number of hydrogen-bond acceptors (Lipinski definition) is 4. The third-order valence-electron chi connectivity index (χ3n) is 7.89. The average molecular weight is 697 g/mol. The van der Waals surface area contributed by atoms with Crippen molar-refractivity contribution in [1.29, 1.82) is 0 Å². The van der Waals surface area contributed by atoms with Crippen molar-refractivity contribution in [1.82, 2.24) is 0 Å². The van der Waals surface area contributed by atoms with Crippen molar-refractivity contribution in [2.75, 3.05) is 49.2 Å². The minimum atomic E-state index is 0. The van der Waals surface area contributed by atoms with Crippen LogP contribution < -0.4 is 62.4 Å². The number of aromatic nitrogens is 2. The molecule has 2 aliphatic rings. The maximum absolute atomic E-state index is 5.91. The lowest BCUT2D eigenvalue weighted by molar-refractivity contribution is -0.688. The largest absolute Gasteiger partial charge is 1.00 e. The van der Waals surface area contributed by atoms with Crippen molar-refractivity contribution in [2.24, 2.45) is 0 Å². The number of halogens is 2. The first kappa shape index (κ1) is 31.8. The number of rotatable bonds is 11. The van der Waals surface area contributed by atoms with E-state index in [4.69, 9.17) is 9.47 Å². The Bertz CT molecular complexity index is 1230. The smallest absolute Gasteiger partial charge is 0.173 e. The number of hydrogen-bond donors (Lipinski definition) is 0. The van der Waals surface area contributed by atoms with E-state index in [2.05, 4.69) is 92.3 Å². The van der Waals surface area contributed by atoms with Gasteiger partial charge in [-0.3, -0.25) is 0 Å². The second kappa shape index (κ2) is 15.9. The molecule has 2 aromatic carbocycles. The topological polar surface area (TPSA) is 32.7 Å². The zero-order chi connectivity index (χ0) is 27.0. The van der Waals surface area contributed by atoms with Gasteiger partial charge in [-0.1, -0.05) is 0 Å². The molecule has 0 radical (unpaired) electrons. The second-order valence-electron chi connectivity index (χ2n) is 10.8. The first-order valence-corrected chi connectivity index (χ1v) is 14.7. The fraction of sp³-hybridized carbons (Fsp3) is 0.353. The summed E-state index contributed by atoms with van der Waals surface area (Å²) in [7, 11) is 0. The van der Waals surface area contributed by atoms with Crippen LogP contribution in [0.4, 0.5) is 11.4 Å². The van der Waals surface area contributed by atoms with Crippen LogP contribution in [0.5, 0.6) is 11.5 Å².